The lowest BCUT2D eigenvalue weighted by Crippen LogP contribution is -2.35. The quantitative estimate of drug-likeness (QED) is 0.627. The first-order chi connectivity index (χ1) is 8.60. The van der Waals surface area contributed by atoms with Crippen LogP contribution in [0.15, 0.2) is 24.3 Å². The summed E-state index contributed by atoms with van der Waals surface area (Å²) >= 11 is 4.33. The lowest BCUT2D eigenvalue weighted by Gasteiger charge is -2.21. The number of hydrogen-bond donors (Lipinski definition) is 2. The first-order valence-electron chi connectivity index (χ1n) is 5.37. The Bertz CT molecular complexity index is 521. The third kappa shape index (κ3) is 2.63. The summed E-state index contributed by atoms with van der Waals surface area (Å²) in [6.45, 7) is 0.0449. The normalized spacial score (nSPS) is 16.3. The monoisotopic (exact) mass is 261 g/mol. The van der Waals surface area contributed by atoms with E-state index in [-0.39, 0.29) is 17.8 Å². The second-order valence-electron chi connectivity index (χ2n) is 3.97. The molecule has 0 aliphatic carbocycles. The highest BCUT2D eigenvalue weighted by molar-refractivity contribution is 7.80. The number of nitrogens with one attached hydrogen (secondary N) is 1. The molecule has 0 radical (unpaired) electrons. The zero-order valence-electron chi connectivity index (χ0n) is 9.46. The van der Waals surface area contributed by atoms with Crippen LogP contribution >= 0.6 is 12.6 Å². The summed E-state index contributed by atoms with van der Waals surface area (Å²) in [5.74, 6) is -0.307. The van der Waals surface area contributed by atoms with Crippen molar-refractivity contribution in [2.24, 2.45) is 0 Å². The van der Waals surface area contributed by atoms with Crippen LogP contribution < -0.4 is 5.32 Å². The van der Waals surface area contributed by atoms with E-state index in [1.165, 1.54) is 4.90 Å². The molecule has 5 nitrogen and oxygen atoms in total. The highest BCUT2D eigenvalue weighted by Crippen LogP contribution is 2.15. The number of amides is 3. The van der Waals surface area contributed by atoms with Gasteiger partial charge in [0.1, 0.15) is 6.54 Å². The van der Waals surface area contributed by atoms with Crippen LogP contribution in [0.1, 0.15) is 11.1 Å². The van der Waals surface area contributed by atoms with Gasteiger partial charge in [0.15, 0.2) is 0 Å². The van der Waals surface area contributed by atoms with Crippen LogP contribution in [0.25, 0.3) is 0 Å². The molecule has 1 aliphatic heterocycles. The fourth-order valence-electron chi connectivity index (χ4n) is 1.73. The highest BCUT2D eigenvalue weighted by atomic mass is 32.1. The molecule has 0 saturated carbocycles. The Morgan fingerprint density at radius 2 is 2.06 bits per heavy atom. The maximum atomic E-state index is 11.4. The summed E-state index contributed by atoms with van der Waals surface area (Å²) in [5, 5.41) is 10.5. The number of hydrogen-bond acceptors (Lipinski definition) is 4. The van der Waals surface area contributed by atoms with E-state index in [1.54, 1.807) is 12.1 Å². The number of urea groups is 1. The fraction of sp³-hybridized carbons (Fsp3) is 0.250. The van der Waals surface area contributed by atoms with Crippen LogP contribution in [-0.4, -0.2) is 28.8 Å². The van der Waals surface area contributed by atoms with Gasteiger partial charge in [-0.3, -0.25) is 10.1 Å². The predicted molar refractivity (Wildman–Crippen MR) is 67.9 cm³/mol. The summed E-state index contributed by atoms with van der Waals surface area (Å²) in [6.07, 6.45) is 0.523. The van der Waals surface area contributed by atoms with Gasteiger partial charge in [-0.05, 0) is 17.7 Å². The van der Waals surface area contributed by atoms with Gasteiger partial charge in [-0.2, -0.15) is 17.9 Å². The second kappa shape index (κ2) is 5.10. The molecule has 1 heterocycles. The number of thiol groups is 1. The molecule has 1 N–H and O–H groups in total. The van der Waals surface area contributed by atoms with Crippen LogP contribution in [0.3, 0.4) is 0 Å². The van der Waals surface area contributed by atoms with Crippen molar-refractivity contribution in [3.8, 4) is 6.07 Å². The lowest BCUT2D eigenvalue weighted by atomic mass is 10.1. The van der Waals surface area contributed by atoms with Crippen molar-refractivity contribution in [2.45, 2.75) is 11.8 Å². The van der Waals surface area contributed by atoms with E-state index in [2.05, 4.69) is 17.9 Å². The number of rotatable bonds is 3. The van der Waals surface area contributed by atoms with Crippen LogP contribution in [0.5, 0.6) is 0 Å². The molecule has 1 unspecified atom stereocenters. The molecule has 1 fully saturated rings. The van der Waals surface area contributed by atoms with Gasteiger partial charge in [-0.25, -0.2) is 4.79 Å². The van der Waals surface area contributed by atoms with E-state index in [0.717, 1.165) is 5.56 Å². The van der Waals surface area contributed by atoms with Gasteiger partial charge in [0.05, 0.1) is 17.0 Å². The molecular formula is C12H11N3O2S. The molecule has 1 aromatic carbocycles. The van der Waals surface area contributed by atoms with Crippen LogP contribution in [0, 0.1) is 11.3 Å². The SMILES string of the molecule is N#Cc1ccc(CC(S)N2CC(=O)NC2=O)cc1. The van der Waals surface area contributed by atoms with Crippen LogP contribution in [0.2, 0.25) is 0 Å². The van der Waals surface area contributed by atoms with E-state index < -0.39 is 6.03 Å². The highest BCUT2D eigenvalue weighted by Gasteiger charge is 2.30. The predicted octanol–water partition coefficient (Wildman–Crippen LogP) is 0.908. The van der Waals surface area contributed by atoms with Crippen molar-refractivity contribution in [2.75, 3.05) is 6.54 Å². The van der Waals surface area contributed by atoms with E-state index in [4.69, 9.17) is 5.26 Å². The number of benzene rings is 1. The van der Waals surface area contributed by atoms with Crippen LogP contribution in [0.4, 0.5) is 4.79 Å². The molecule has 3 amide bonds. The molecule has 0 spiro atoms. The average molecular weight is 261 g/mol. The molecular weight excluding hydrogens is 250 g/mol. The number of carbonyl (C=O) groups excluding carboxylic acids is 2. The minimum atomic E-state index is -0.409. The van der Waals surface area contributed by atoms with Crippen molar-refractivity contribution >= 4 is 24.6 Å². The van der Waals surface area contributed by atoms with Gasteiger partial charge in [-0.1, -0.05) is 12.1 Å². The summed E-state index contributed by atoms with van der Waals surface area (Å²) < 4.78 is 0. The van der Waals surface area contributed by atoms with Crippen molar-refractivity contribution in [3.63, 3.8) is 0 Å². The average Bonchev–Trinajstić information content (AvgIpc) is 2.69. The van der Waals surface area contributed by atoms with E-state index in [0.29, 0.717) is 12.0 Å². The van der Waals surface area contributed by atoms with Crippen molar-refractivity contribution < 1.29 is 9.59 Å². The van der Waals surface area contributed by atoms with Gasteiger partial charge in [-0.15, -0.1) is 0 Å². The Balaban J connectivity index is 2.02. The van der Waals surface area contributed by atoms with Gasteiger partial charge < -0.3 is 4.90 Å². The molecule has 0 aromatic heterocycles. The summed E-state index contributed by atoms with van der Waals surface area (Å²) in [6, 6.07) is 8.69. The molecule has 1 aromatic rings. The van der Waals surface area contributed by atoms with E-state index >= 15 is 0 Å². The van der Waals surface area contributed by atoms with Gasteiger partial charge in [0, 0.05) is 6.42 Å². The largest absolute Gasteiger partial charge is 0.325 e. The molecule has 1 atom stereocenters. The van der Waals surface area contributed by atoms with Crippen molar-refractivity contribution in [1.29, 1.82) is 5.26 Å². The molecule has 2 rings (SSSR count). The van der Waals surface area contributed by atoms with Gasteiger partial charge in [0.2, 0.25) is 5.91 Å². The minimum Gasteiger partial charge on any atom is -0.303 e. The molecule has 0 bridgehead atoms. The number of nitriles is 1. The summed E-state index contributed by atoms with van der Waals surface area (Å²) in [4.78, 5) is 23.9. The standard InChI is InChI=1S/C12H11N3O2S/c13-6-9-3-1-8(2-4-9)5-11(18)15-7-10(16)14-12(15)17/h1-4,11,18H,5,7H2,(H,14,16,17). The molecule has 6 heteroatoms. The number of carbonyl (C=O) groups is 2. The Kier molecular flexibility index (Phi) is 3.53. The Morgan fingerprint density at radius 3 is 2.56 bits per heavy atom. The lowest BCUT2D eigenvalue weighted by molar-refractivity contribution is -0.118. The maximum absolute atomic E-state index is 11.4. The summed E-state index contributed by atoms with van der Waals surface area (Å²) in [7, 11) is 0. The van der Waals surface area contributed by atoms with E-state index in [9.17, 15) is 9.59 Å². The molecule has 18 heavy (non-hydrogen) atoms. The van der Waals surface area contributed by atoms with Gasteiger partial charge >= 0.3 is 6.03 Å². The Labute approximate surface area is 110 Å². The van der Waals surface area contributed by atoms with Crippen LogP contribution in [-0.2, 0) is 11.2 Å². The Hall–Kier alpha value is -2.00. The molecule has 92 valence electrons. The van der Waals surface area contributed by atoms with E-state index in [1.807, 2.05) is 18.2 Å². The van der Waals surface area contributed by atoms with Gasteiger partial charge in [0.25, 0.3) is 0 Å². The Morgan fingerprint density at radius 1 is 1.39 bits per heavy atom. The zero-order chi connectivity index (χ0) is 13.1. The number of nitrogens with zero attached hydrogens (tertiary/aromatic N) is 2. The smallest absolute Gasteiger partial charge is 0.303 e. The fourth-order valence-corrected chi connectivity index (χ4v) is 2.13. The first kappa shape index (κ1) is 12.5. The maximum Gasteiger partial charge on any atom is 0.325 e. The molecule has 1 aliphatic rings. The number of imide groups is 1. The summed E-state index contributed by atoms with van der Waals surface area (Å²) in [5.41, 5.74) is 1.55. The topological polar surface area (TPSA) is 73.2 Å². The molecule has 1 saturated heterocycles. The third-order valence-corrected chi connectivity index (χ3v) is 3.14. The zero-order valence-corrected chi connectivity index (χ0v) is 10.4. The van der Waals surface area contributed by atoms with Crippen molar-refractivity contribution in [1.82, 2.24) is 10.2 Å². The third-order valence-electron chi connectivity index (χ3n) is 2.68. The first-order valence-corrected chi connectivity index (χ1v) is 5.89. The van der Waals surface area contributed by atoms with Crippen molar-refractivity contribution in [3.05, 3.63) is 35.4 Å². The minimum absolute atomic E-state index is 0.0449. The second-order valence-corrected chi connectivity index (χ2v) is 4.57.